The van der Waals surface area contributed by atoms with Gasteiger partial charge in [-0.05, 0) is 18.8 Å². The van der Waals surface area contributed by atoms with Crippen LogP contribution >= 0.6 is 0 Å². The van der Waals surface area contributed by atoms with E-state index in [1.54, 1.807) is 6.92 Å². The molecule has 1 heterocycles. The van der Waals surface area contributed by atoms with E-state index in [2.05, 4.69) is 4.98 Å². The number of carbonyl (C=O) groups excluding carboxylic acids is 2. The minimum absolute atomic E-state index is 0.105. The maximum Gasteiger partial charge on any atom is 0.347 e. The second-order valence-corrected chi connectivity index (χ2v) is 5.72. The molecule has 2 amide bonds. The molecular weight excluding hydrogens is 304 g/mol. The Morgan fingerprint density at radius 3 is 2.48 bits per heavy atom. The van der Waals surface area contributed by atoms with Crippen molar-refractivity contribution in [3.63, 3.8) is 0 Å². The van der Waals surface area contributed by atoms with Gasteiger partial charge in [-0.25, -0.2) is 15.3 Å². The molecule has 0 aromatic carbocycles. The number of amides is 2. The molecule has 1 aromatic heterocycles. The Bertz CT molecular complexity index is 592. The van der Waals surface area contributed by atoms with E-state index >= 15 is 0 Å². The van der Waals surface area contributed by atoms with Crippen molar-refractivity contribution >= 4 is 11.8 Å². The highest BCUT2D eigenvalue weighted by atomic mass is 16.5. The Morgan fingerprint density at radius 1 is 1.39 bits per heavy atom. The number of nitrogens with one attached hydrogen (secondary N) is 2. The molecule has 1 rings (SSSR count). The maximum atomic E-state index is 12.6. The van der Waals surface area contributed by atoms with E-state index in [0.29, 0.717) is 12.8 Å². The van der Waals surface area contributed by atoms with Crippen molar-refractivity contribution in [2.24, 2.45) is 5.92 Å². The first-order chi connectivity index (χ1) is 10.8. The summed E-state index contributed by atoms with van der Waals surface area (Å²) in [6.07, 6.45) is 2.45. The number of aromatic hydroxyl groups is 1. The number of aromatic nitrogens is 2. The van der Waals surface area contributed by atoms with E-state index in [1.807, 2.05) is 13.8 Å². The van der Waals surface area contributed by atoms with Gasteiger partial charge in [-0.15, -0.1) is 0 Å². The average molecular weight is 328 g/mol. The van der Waals surface area contributed by atoms with Gasteiger partial charge in [-0.2, -0.15) is 4.68 Å². The number of hydroxylamine groups is 1. The third kappa shape index (κ3) is 4.59. The zero-order chi connectivity index (χ0) is 17.6. The SMILES string of the molecule is CCC[C@H](C(=O)NO)N(C(=O)CCC(C)C)n1c(O)c[nH]c1=O. The smallest absolute Gasteiger partial charge is 0.347 e. The predicted molar refractivity (Wildman–Crippen MR) is 82.6 cm³/mol. The lowest BCUT2D eigenvalue weighted by atomic mass is 10.1. The molecule has 4 N–H and O–H groups in total. The quantitative estimate of drug-likeness (QED) is 0.407. The molecular formula is C14H24N4O5. The summed E-state index contributed by atoms with van der Waals surface area (Å²) in [6.45, 7) is 5.69. The normalized spacial score (nSPS) is 12.2. The molecule has 1 atom stereocenters. The number of imidazole rings is 1. The van der Waals surface area contributed by atoms with Crippen LogP contribution in [-0.2, 0) is 9.59 Å². The second-order valence-electron chi connectivity index (χ2n) is 5.72. The average Bonchev–Trinajstić information content (AvgIpc) is 2.83. The number of hydrogen-bond acceptors (Lipinski definition) is 5. The summed E-state index contributed by atoms with van der Waals surface area (Å²) in [5.41, 5.74) is 0.768. The van der Waals surface area contributed by atoms with Crippen LogP contribution in [0.5, 0.6) is 5.88 Å². The van der Waals surface area contributed by atoms with Gasteiger partial charge in [-0.3, -0.25) is 14.8 Å². The molecule has 9 nitrogen and oxygen atoms in total. The molecule has 0 aliphatic heterocycles. The van der Waals surface area contributed by atoms with Gasteiger partial charge in [0.15, 0.2) is 0 Å². The molecule has 9 heteroatoms. The molecule has 0 spiro atoms. The van der Waals surface area contributed by atoms with Crippen LogP contribution < -0.4 is 16.2 Å². The molecule has 23 heavy (non-hydrogen) atoms. The molecule has 0 bridgehead atoms. The van der Waals surface area contributed by atoms with Crippen LogP contribution in [0.2, 0.25) is 0 Å². The number of nitrogens with zero attached hydrogens (tertiary/aromatic N) is 2. The van der Waals surface area contributed by atoms with Gasteiger partial charge in [-0.1, -0.05) is 27.2 Å². The minimum atomic E-state index is -1.11. The predicted octanol–water partition coefficient (Wildman–Crippen LogP) is 0.457. The van der Waals surface area contributed by atoms with Gasteiger partial charge in [0.05, 0.1) is 6.20 Å². The topological polar surface area (TPSA) is 128 Å². The Kier molecular flexibility index (Phi) is 6.83. The summed E-state index contributed by atoms with van der Waals surface area (Å²) >= 11 is 0. The monoisotopic (exact) mass is 328 g/mol. The van der Waals surface area contributed by atoms with E-state index in [-0.39, 0.29) is 18.8 Å². The highest BCUT2D eigenvalue weighted by Gasteiger charge is 2.33. The molecule has 0 fully saturated rings. The van der Waals surface area contributed by atoms with E-state index in [9.17, 15) is 19.5 Å². The first-order valence-electron chi connectivity index (χ1n) is 7.59. The van der Waals surface area contributed by atoms with Gasteiger partial charge in [0.25, 0.3) is 5.91 Å². The standard InChI is InChI=1S/C14H24N4O5/c1-4-5-10(13(21)16-23)17(11(19)7-6-9(2)3)18-12(20)8-15-14(18)22/h8-10,20,23H,4-7H2,1-3H3,(H,15,22)(H,16,21)/t10-/m1/s1. The lowest BCUT2D eigenvalue weighted by Crippen LogP contribution is -2.57. The Balaban J connectivity index is 3.26. The number of hydrogen-bond donors (Lipinski definition) is 4. The zero-order valence-corrected chi connectivity index (χ0v) is 13.6. The number of aromatic amines is 1. The zero-order valence-electron chi connectivity index (χ0n) is 13.6. The first-order valence-corrected chi connectivity index (χ1v) is 7.59. The third-order valence-corrected chi connectivity index (χ3v) is 3.41. The summed E-state index contributed by atoms with van der Waals surface area (Å²) in [5, 5.41) is 19.7. The van der Waals surface area contributed by atoms with Gasteiger partial charge in [0, 0.05) is 6.42 Å². The third-order valence-electron chi connectivity index (χ3n) is 3.41. The molecule has 0 saturated heterocycles. The van der Waals surface area contributed by atoms with Gasteiger partial charge >= 0.3 is 5.69 Å². The first kappa shape index (κ1) is 18.8. The van der Waals surface area contributed by atoms with Crippen molar-refractivity contribution in [2.75, 3.05) is 5.01 Å². The number of H-pyrrole nitrogens is 1. The van der Waals surface area contributed by atoms with Crippen LogP contribution in [0.4, 0.5) is 0 Å². The number of rotatable bonds is 8. The van der Waals surface area contributed by atoms with Crippen LogP contribution in [0, 0.1) is 5.92 Å². The van der Waals surface area contributed by atoms with Crippen LogP contribution in [0.1, 0.15) is 46.5 Å². The van der Waals surface area contributed by atoms with Gasteiger partial charge < -0.3 is 10.1 Å². The molecule has 0 aliphatic rings. The Morgan fingerprint density at radius 2 is 2.04 bits per heavy atom. The Labute approximate surface area is 133 Å². The van der Waals surface area contributed by atoms with Crippen LogP contribution in [-0.4, -0.2) is 37.8 Å². The van der Waals surface area contributed by atoms with E-state index in [1.165, 1.54) is 5.48 Å². The van der Waals surface area contributed by atoms with Crippen LogP contribution in [0.25, 0.3) is 0 Å². The molecule has 1 aromatic rings. The van der Waals surface area contributed by atoms with Crippen molar-refractivity contribution < 1.29 is 19.9 Å². The summed E-state index contributed by atoms with van der Waals surface area (Å²) in [6, 6.07) is -1.11. The fourth-order valence-corrected chi connectivity index (χ4v) is 2.22. The molecule has 130 valence electrons. The van der Waals surface area contributed by atoms with Gasteiger partial charge in [0.1, 0.15) is 6.04 Å². The summed E-state index contributed by atoms with van der Waals surface area (Å²) in [4.78, 5) is 38.7. The lowest BCUT2D eigenvalue weighted by molar-refractivity contribution is -0.134. The van der Waals surface area contributed by atoms with Crippen molar-refractivity contribution in [2.45, 2.75) is 52.5 Å². The van der Waals surface area contributed by atoms with Crippen molar-refractivity contribution in [1.29, 1.82) is 0 Å². The summed E-state index contributed by atoms with van der Waals surface area (Å²) in [5.74, 6) is -1.54. The number of carbonyl (C=O) groups is 2. The summed E-state index contributed by atoms with van der Waals surface area (Å²) in [7, 11) is 0. The maximum absolute atomic E-state index is 12.6. The largest absolute Gasteiger partial charge is 0.492 e. The van der Waals surface area contributed by atoms with E-state index in [4.69, 9.17) is 5.21 Å². The van der Waals surface area contributed by atoms with E-state index < -0.39 is 29.4 Å². The molecule has 0 saturated carbocycles. The van der Waals surface area contributed by atoms with Crippen molar-refractivity contribution in [1.82, 2.24) is 15.1 Å². The van der Waals surface area contributed by atoms with Gasteiger partial charge in [0.2, 0.25) is 11.8 Å². The highest BCUT2D eigenvalue weighted by Crippen LogP contribution is 2.15. The van der Waals surface area contributed by atoms with Crippen molar-refractivity contribution in [3.8, 4) is 5.88 Å². The summed E-state index contributed by atoms with van der Waals surface area (Å²) < 4.78 is 0.720. The van der Waals surface area contributed by atoms with E-state index in [0.717, 1.165) is 15.9 Å². The second kappa shape index (κ2) is 8.37. The lowest BCUT2D eigenvalue weighted by Gasteiger charge is -2.30. The van der Waals surface area contributed by atoms with Crippen LogP contribution in [0.3, 0.4) is 0 Å². The molecule has 0 unspecified atom stereocenters. The Hall–Kier alpha value is -2.29. The van der Waals surface area contributed by atoms with Crippen molar-refractivity contribution in [3.05, 3.63) is 16.7 Å². The fourth-order valence-electron chi connectivity index (χ4n) is 2.22. The fraction of sp³-hybridized carbons (Fsp3) is 0.643. The van der Waals surface area contributed by atoms with Crippen LogP contribution in [0.15, 0.2) is 11.0 Å². The highest BCUT2D eigenvalue weighted by molar-refractivity contribution is 5.94. The molecule has 0 aliphatic carbocycles. The minimum Gasteiger partial charge on any atom is -0.492 e. The molecule has 0 radical (unpaired) electrons.